The summed E-state index contributed by atoms with van der Waals surface area (Å²) in [7, 11) is 0. The molecule has 0 bridgehead atoms. The Morgan fingerprint density at radius 3 is 3.00 bits per heavy atom. The maximum Gasteiger partial charge on any atom is 0.346 e. The van der Waals surface area contributed by atoms with Gasteiger partial charge in [-0.3, -0.25) is 4.57 Å². The number of aromatic nitrogens is 3. The highest BCUT2D eigenvalue weighted by Gasteiger charge is 2.16. The third-order valence-corrected chi connectivity index (χ3v) is 2.97. The standard InChI is InChI=1S/C10H14ClN3O/c1-8(6-11)7-14-10(15)13-5-3-2-4-9(13)12-14/h1-7H2. The highest BCUT2D eigenvalue weighted by Crippen LogP contribution is 2.09. The zero-order chi connectivity index (χ0) is 10.8. The second kappa shape index (κ2) is 4.23. The molecular formula is C10H14ClN3O. The van der Waals surface area contributed by atoms with E-state index in [0.717, 1.165) is 37.2 Å². The van der Waals surface area contributed by atoms with Crippen LogP contribution in [0.3, 0.4) is 0 Å². The van der Waals surface area contributed by atoms with E-state index in [1.165, 1.54) is 4.68 Å². The molecule has 1 aliphatic rings. The topological polar surface area (TPSA) is 39.8 Å². The van der Waals surface area contributed by atoms with E-state index in [1.54, 1.807) is 4.57 Å². The number of fused-ring (bicyclic) bond motifs is 1. The summed E-state index contributed by atoms with van der Waals surface area (Å²) in [6.45, 7) is 5.00. The summed E-state index contributed by atoms with van der Waals surface area (Å²) < 4.78 is 3.22. The summed E-state index contributed by atoms with van der Waals surface area (Å²) in [4.78, 5) is 11.8. The van der Waals surface area contributed by atoms with Gasteiger partial charge in [-0.2, -0.15) is 5.10 Å². The van der Waals surface area contributed by atoms with Crippen molar-refractivity contribution >= 4 is 11.6 Å². The first-order valence-electron chi connectivity index (χ1n) is 5.11. The van der Waals surface area contributed by atoms with Crippen molar-refractivity contribution in [1.82, 2.24) is 14.3 Å². The quantitative estimate of drug-likeness (QED) is 0.575. The number of hydrogen-bond acceptors (Lipinski definition) is 2. The fourth-order valence-electron chi connectivity index (χ4n) is 1.81. The van der Waals surface area contributed by atoms with Gasteiger partial charge < -0.3 is 0 Å². The Morgan fingerprint density at radius 1 is 1.53 bits per heavy atom. The molecule has 4 nitrogen and oxygen atoms in total. The van der Waals surface area contributed by atoms with Crippen LogP contribution in [0, 0.1) is 0 Å². The molecule has 0 fully saturated rings. The molecule has 82 valence electrons. The zero-order valence-electron chi connectivity index (χ0n) is 8.58. The van der Waals surface area contributed by atoms with Crippen molar-refractivity contribution < 1.29 is 0 Å². The third-order valence-electron chi connectivity index (χ3n) is 2.59. The molecule has 1 aromatic rings. The second-order valence-electron chi connectivity index (χ2n) is 3.85. The van der Waals surface area contributed by atoms with Crippen LogP contribution in [-0.4, -0.2) is 20.2 Å². The fourth-order valence-corrected chi connectivity index (χ4v) is 1.89. The minimum atomic E-state index is -0.0315. The van der Waals surface area contributed by atoms with Gasteiger partial charge in [-0.1, -0.05) is 6.58 Å². The van der Waals surface area contributed by atoms with E-state index in [4.69, 9.17) is 11.6 Å². The fraction of sp³-hybridized carbons (Fsp3) is 0.600. The predicted molar refractivity (Wildman–Crippen MR) is 59.3 cm³/mol. The van der Waals surface area contributed by atoms with Gasteiger partial charge in [0.25, 0.3) is 0 Å². The van der Waals surface area contributed by atoms with Crippen molar-refractivity contribution in [3.63, 3.8) is 0 Å². The first kappa shape index (κ1) is 10.5. The molecule has 2 heterocycles. The molecule has 5 heteroatoms. The lowest BCUT2D eigenvalue weighted by molar-refractivity contribution is 0.511. The van der Waals surface area contributed by atoms with E-state index >= 15 is 0 Å². The van der Waals surface area contributed by atoms with Crippen LogP contribution in [0.5, 0.6) is 0 Å². The van der Waals surface area contributed by atoms with E-state index in [2.05, 4.69) is 11.7 Å². The monoisotopic (exact) mass is 227 g/mol. The molecule has 0 N–H and O–H groups in total. The van der Waals surface area contributed by atoms with Gasteiger partial charge >= 0.3 is 5.69 Å². The van der Waals surface area contributed by atoms with Crippen molar-refractivity contribution in [2.24, 2.45) is 0 Å². The number of hydrogen-bond donors (Lipinski definition) is 0. The van der Waals surface area contributed by atoms with Crippen LogP contribution in [0.2, 0.25) is 0 Å². The number of alkyl halides is 1. The van der Waals surface area contributed by atoms with Crippen molar-refractivity contribution in [1.29, 1.82) is 0 Å². The Kier molecular flexibility index (Phi) is 2.95. The lowest BCUT2D eigenvalue weighted by atomic mass is 10.2. The zero-order valence-corrected chi connectivity index (χ0v) is 9.33. The van der Waals surface area contributed by atoms with E-state index in [-0.39, 0.29) is 5.69 Å². The Balaban J connectivity index is 2.29. The van der Waals surface area contributed by atoms with Gasteiger partial charge in [0.2, 0.25) is 0 Å². The predicted octanol–water partition coefficient (Wildman–Crippen LogP) is 1.18. The van der Waals surface area contributed by atoms with E-state index in [0.29, 0.717) is 12.4 Å². The van der Waals surface area contributed by atoms with Crippen LogP contribution >= 0.6 is 11.6 Å². The summed E-state index contributed by atoms with van der Waals surface area (Å²) >= 11 is 5.63. The van der Waals surface area contributed by atoms with Gasteiger partial charge in [-0.05, 0) is 18.4 Å². The highest BCUT2D eigenvalue weighted by molar-refractivity contribution is 6.19. The highest BCUT2D eigenvalue weighted by atomic mass is 35.5. The average Bonchev–Trinajstić information content (AvgIpc) is 2.57. The first-order valence-corrected chi connectivity index (χ1v) is 5.65. The van der Waals surface area contributed by atoms with Crippen LogP contribution in [-0.2, 0) is 19.5 Å². The van der Waals surface area contributed by atoms with Gasteiger partial charge in [0.05, 0.1) is 6.54 Å². The molecule has 0 spiro atoms. The van der Waals surface area contributed by atoms with Crippen LogP contribution < -0.4 is 5.69 Å². The Bertz CT molecular complexity index is 432. The molecule has 0 radical (unpaired) electrons. The smallest absolute Gasteiger partial charge is 0.279 e. The molecule has 1 aromatic heterocycles. The molecule has 2 rings (SSSR count). The third kappa shape index (κ3) is 2.00. The number of aryl methyl sites for hydroxylation is 1. The van der Waals surface area contributed by atoms with Crippen LogP contribution in [0.4, 0.5) is 0 Å². The lowest BCUT2D eigenvalue weighted by Gasteiger charge is -2.09. The summed E-state index contributed by atoms with van der Waals surface area (Å²) in [5.41, 5.74) is 0.783. The number of nitrogens with zero attached hydrogens (tertiary/aromatic N) is 3. The van der Waals surface area contributed by atoms with Gasteiger partial charge in [0, 0.05) is 18.8 Å². The molecule has 0 amide bonds. The summed E-state index contributed by atoms with van der Waals surface area (Å²) in [5.74, 6) is 1.27. The minimum absolute atomic E-state index is 0.0315. The molecule has 0 atom stereocenters. The van der Waals surface area contributed by atoms with Gasteiger partial charge in [0.15, 0.2) is 0 Å². The van der Waals surface area contributed by atoms with E-state index in [1.807, 2.05) is 0 Å². The van der Waals surface area contributed by atoms with Crippen LogP contribution in [0.1, 0.15) is 18.7 Å². The average molecular weight is 228 g/mol. The van der Waals surface area contributed by atoms with Crippen molar-refractivity contribution in [2.45, 2.75) is 32.4 Å². The normalized spacial score (nSPS) is 15.0. The second-order valence-corrected chi connectivity index (χ2v) is 4.12. The molecule has 0 saturated heterocycles. The Hall–Kier alpha value is -1.03. The maximum atomic E-state index is 11.8. The largest absolute Gasteiger partial charge is 0.346 e. The molecule has 15 heavy (non-hydrogen) atoms. The van der Waals surface area contributed by atoms with Crippen molar-refractivity contribution in [3.05, 3.63) is 28.5 Å². The number of allylic oxidation sites excluding steroid dienone is 1. The van der Waals surface area contributed by atoms with Crippen LogP contribution in [0.25, 0.3) is 0 Å². The summed E-state index contributed by atoms with van der Waals surface area (Å²) in [6.07, 6.45) is 3.08. The molecule has 0 aromatic carbocycles. The Morgan fingerprint density at radius 2 is 2.33 bits per heavy atom. The van der Waals surface area contributed by atoms with Crippen molar-refractivity contribution in [3.8, 4) is 0 Å². The molecular weight excluding hydrogens is 214 g/mol. The van der Waals surface area contributed by atoms with Gasteiger partial charge in [-0.15, -0.1) is 11.6 Å². The molecule has 0 unspecified atom stereocenters. The Labute approximate surface area is 93.2 Å². The summed E-state index contributed by atoms with van der Waals surface area (Å²) in [5, 5.41) is 4.29. The van der Waals surface area contributed by atoms with Crippen LogP contribution in [0.15, 0.2) is 16.9 Å². The lowest BCUT2D eigenvalue weighted by Crippen LogP contribution is -2.27. The molecule has 0 aliphatic carbocycles. The molecule has 1 aliphatic heterocycles. The van der Waals surface area contributed by atoms with E-state index < -0.39 is 0 Å². The van der Waals surface area contributed by atoms with Gasteiger partial charge in [-0.25, -0.2) is 9.48 Å². The van der Waals surface area contributed by atoms with Crippen molar-refractivity contribution in [2.75, 3.05) is 5.88 Å². The maximum absolute atomic E-state index is 11.8. The van der Waals surface area contributed by atoms with E-state index in [9.17, 15) is 4.79 Å². The number of halogens is 1. The molecule has 0 saturated carbocycles. The first-order chi connectivity index (χ1) is 7.22. The minimum Gasteiger partial charge on any atom is -0.279 e. The number of rotatable bonds is 3. The summed E-state index contributed by atoms with van der Waals surface area (Å²) in [6, 6.07) is 0. The SMILES string of the molecule is C=C(CCl)Cn1nc2n(c1=O)CCCC2. The van der Waals surface area contributed by atoms with Gasteiger partial charge in [0.1, 0.15) is 5.82 Å².